The SMILES string of the molecule is CC(C)C(CC(N)=O)c1ccc(-c2ccc3ccccc3c2)[nH]c1=O. The average molecular weight is 334 g/mol. The van der Waals surface area contributed by atoms with Gasteiger partial charge in [-0.3, -0.25) is 9.59 Å². The molecule has 3 aromatic rings. The summed E-state index contributed by atoms with van der Waals surface area (Å²) >= 11 is 0. The summed E-state index contributed by atoms with van der Waals surface area (Å²) in [5.41, 5.74) is 7.51. The number of rotatable bonds is 5. The van der Waals surface area contributed by atoms with Gasteiger partial charge in [0, 0.05) is 23.6 Å². The summed E-state index contributed by atoms with van der Waals surface area (Å²) in [5.74, 6) is -0.413. The van der Waals surface area contributed by atoms with E-state index in [0.717, 1.165) is 22.0 Å². The Morgan fingerprint density at radius 2 is 1.76 bits per heavy atom. The molecule has 1 unspecified atom stereocenters. The van der Waals surface area contributed by atoms with Crippen molar-refractivity contribution in [1.82, 2.24) is 4.98 Å². The van der Waals surface area contributed by atoms with Gasteiger partial charge in [-0.05, 0) is 34.4 Å². The summed E-state index contributed by atoms with van der Waals surface area (Å²) in [4.78, 5) is 26.9. The second-order valence-electron chi connectivity index (χ2n) is 6.74. The lowest BCUT2D eigenvalue weighted by atomic mass is 9.86. The van der Waals surface area contributed by atoms with Crippen molar-refractivity contribution in [3.8, 4) is 11.3 Å². The van der Waals surface area contributed by atoms with Gasteiger partial charge in [0.25, 0.3) is 5.56 Å². The van der Waals surface area contributed by atoms with E-state index in [4.69, 9.17) is 5.73 Å². The molecule has 1 atom stereocenters. The van der Waals surface area contributed by atoms with Gasteiger partial charge in [-0.2, -0.15) is 0 Å². The predicted octanol–water partition coefficient (Wildman–Crippen LogP) is 3.81. The van der Waals surface area contributed by atoms with E-state index in [0.29, 0.717) is 5.56 Å². The molecule has 0 fully saturated rings. The fourth-order valence-corrected chi connectivity index (χ4v) is 3.22. The van der Waals surface area contributed by atoms with Gasteiger partial charge in [0.05, 0.1) is 0 Å². The van der Waals surface area contributed by atoms with Crippen LogP contribution in [0.25, 0.3) is 22.0 Å². The molecule has 2 aromatic carbocycles. The highest BCUT2D eigenvalue weighted by atomic mass is 16.1. The highest BCUT2D eigenvalue weighted by Gasteiger charge is 2.21. The quantitative estimate of drug-likeness (QED) is 0.744. The van der Waals surface area contributed by atoms with Gasteiger partial charge in [-0.25, -0.2) is 0 Å². The molecule has 4 nitrogen and oxygen atoms in total. The number of carbonyl (C=O) groups is 1. The van der Waals surface area contributed by atoms with E-state index in [2.05, 4.69) is 17.1 Å². The summed E-state index contributed by atoms with van der Waals surface area (Å²) in [7, 11) is 0. The van der Waals surface area contributed by atoms with Crippen molar-refractivity contribution < 1.29 is 4.79 Å². The van der Waals surface area contributed by atoms with E-state index >= 15 is 0 Å². The summed E-state index contributed by atoms with van der Waals surface area (Å²) in [6, 6.07) is 17.9. The van der Waals surface area contributed by atoms with E-state index in [1.54, 1.807) is 0 Å². The molecule has 0 saturated heterocycles. The van der Waals surface area contributed by atoms with Crippen LogP contribution < -0.4 is 11.3 Å². The van der Waals surface area contributed by atoms with Crippen LogP contribution in [0, 0.1) is 5.92 Å². The van der Waals surface area contributed by atoms with Crippen LogP contribution in [0.4, 0.5) is 0 Å². The first-order chi connectivity index (χ1) is 12.0. The van der Waals surface area contributed by atoms with E-state index < -0.39 is 5.91 Å². The number of fused-ring (bicyclic) bond motifs is 1. The summed E-state index contributed by atoms with van der Waals surface area (Å²) in [5, 5.41) is 2.28. The van der Waals surface area contributed by atoms with Gasteiger partial charge < -0.3 is 10.7 Å². The summed E-state index contributed by atoms with van der Waals surface area (Å²) in [6.45, 7) is 3.98. The Hall–Kier alpha value is -2.88. The van der Waals surface area contributed by atoms with Crippen molar-refractivity contribution in [2.45, 2.75) is 26.2 Å². The lowest BCUT2D eigenvalue weighted by Crippen LogP contribution is -2.24. The lowest BCUT2D eigenvalue weighted by molar-refractivity contribution is -0.118. The van der Waals surface area contributed by atoms with Gasteiger partial charge in [0.1, 0.15) is 0 Å². The van der Waals surface area contributed by atoms with Crippen LogP contribution in [-0.2, 0) is 4.79 Å². The molecule has 0 bridgehead atoms. The van der Waals surface area contributed by atoms with Crippen LogP contribution in [-0.4, -0.2) is 10.9 Å². The third-order valence-corrected chi connectivity index (χ3v) is 4.63. The van der Waals surface area contributed by atoms with Crippen molar-refractivity contribution >= 4 is 16.7 Å². The zero-order valence-corrected chi connectivity index (χ0v) is 14.5. The standard InChI is InChI=1S/C21H22N2O2/c1-13(2)18(12-20(22)24)17-9-10-19(23-21(17)25)16-8-7-14-5-3-4-6-15(14)11-16/h3-11,13,18H,12H2,1-2H3,(H2,22,24)(H,23,25). The number of carbonyl (C=O) groups excluding carboxylic acids is 1. The number of aromatic nitrogens is 1. The molecule has 0 aliphatic rings. The highest BCUT2D eigenvalue weighted by Crippen LogP contribution is 2.27. The number of amides is 1. The van der Waals surface area contributed by atoms with Crippen molar-refractivity contribution in [2.75, 3.05) is 0 Å². The number of aromatic amines is 1. The minimum absolute atomic E-state index is 0.153. The van der Waals surface area contributed by atoms with Crippen molar-refractivity contribution in [1.29, 1.82) is 0 Å². The molecule has 0 spiro atoms. The highest BCUT2D eigenvalue weighted by molar-refractivity contribution is 5.86. The van der Waals surface area contributed by atoms with Crippen LogP contribution in [0.3, 0.4) is 0 Å². The van der Waals surface area contributed by atoms with Gasteiger partial charge in [0.2, 0.25) is 5.91 Å². The minimum Gasteiger partial charge on any atom is -0.370 e. The van der Waals surface area contributed by atoms with Gasteiger partial charge >= 0.3 is 0 Å². The second kappa shape index (κ2) is 6.93. The summed E-state index contributed by atoms with van der Waals surface area (Å²) in [6.07, 6.45) is 0.177. The Labute approximate surface area is 146 Å². The van der Waals surface area contributed by atoms with Gasteiger partial charge in [0.15, 0.2) is 0 Å². The number of nitrogens with two attached hydrogens (primary N) is 1. The molecule has 1 aromatic heterocycles. The Kier molecular flexibility index (Phi) is 4.70. The van der Waals surface area contributed by atoms with Crippen molar-refractivity contribution in [3.63, 3.8) is 0 Å². The van der Waals surface area contributed by atoms with Gasteiger partial charge in [-0.1, -0.05) is 56.3 Å². The van der Waals surface area contributed by atoms with Crippen LogP contribution in [0.1, 0.15) is 31.7 Å². The largest absolute Gasteiger partial charge is 0.370 e. The molecule has 0 aliphatic heterocycles. The zero-order valence-electron chi connectivity index (χ0n) is 14.5. The normalized spacial score (nSPS) is 12.4. The number of pyridine rings is 1. The molecule has 1 amide bonds. The Morgan fingerprint density at radius 1 is 1.04 bits per heavy atom. The predicted molar refractivity (Wildman–Crippen MR) is 101 cm³/mol. The molecule has 3 rings (SSSR count). The maximum atomic E-state index is 12.6. The van der Waals surface area contributed by atoms with Gasteiger partial charge in [-0.15, -0.1) is 0 Å². The maximum absolute atomic E-state index is 12.6. The molecular formula is C21H22N2O2. The first kappa shape index (κ1) is 17.0. The van der Waals surface area contributed by atoms with Crippen LogP contribution in [0.15, 0.2) is 59.4 Å². The van der Waals surface area contributed by atoms with E-state index in [1.165, 1.54) is 0 Å². The fourth-order valence-electron chi connectivity index (χ4n) is 3.22. The number of benzene rings is 2. The number of H-pyrrole nitrogens is 1. The second-order valence-corrected chi connectivity index (χ2v) is 6.74. The molecule has 4 heteroatoms. The molecule has 0 radical (unpaired) electrons. The number of nitrogens with one attached hydrogen (secondary N) is 1. The Morgan fingerprint density at radius 3 is 2.40 bits per heavy atom. The first-order valence-electron chi connectivity index (χ1n) is 8.46. The molecule has 0 saturated carbocycles. The Balaban J connectivity index is 2.00. The van der Waals surface area contributed by atoms with E-state index in [-0.39, 0.29) is 23.8 Å². The van der Waals surface area contributed by atoms with Crippen LogP contribution in [0.2, 0.25) is 0 Å². The minimum atomic E-state index is -0.392. The topological polar surface area (TPSA) is 76.0 Å². The summed E-state index contributed by atoms with van der Waals surface area (Å²) < 4.78 is 0. The third-order valence-electron chi connectivity index (χ3n) is 4.63. The smallest absolute Gasteiger partial charge is 0.251 e. The van der Waals surface area contributed by atoms with Crippen molar-refractivity contribution in [2.24, 2.45) is 11.7 Å². The average Bonchev–Trinajstić information content (AvgIpc) is 2.59. The molecule has 0 aliphatic carbocycles. The number of hydrogen-bond donors (Lipinski definition) is 2. The molecule has 128 valence electrons. The number of primary amides is 1. The third kappa shape index (κ3) is 3.63. The molecular weight excluding hydrogens is 312 g/mol. The van der Waals surface area contributed by atoms with E-state index in [9.17, 15) is 9.59 Å². The van der Waals surface area contributed by atoms with Crippen LogP contribution >= 0.6 is 0 Å². The van der Waals surface area contributed by atoms with Crippen molar-refractivity contribution in [3.05, 3.63) is 70.5 Å². The fraction of sp³-hybridized carbons (Fsp3) is 0.238. The molecule has 25 heavy (non-hydrogen) atoms. The zero-order chi connectivity index (χ0) is 18.0. The maximum Gasteiger partial charge on any atom is 0.251 e. The van der Waals surface area contributed by atoms with Crippen LogP contribution in [0.5, 0.6) is 0 Å². The first-order valence-corrected chi connectivity index (χ1v) is 8.46. The monoisotopic (exact) mass is 334 g/mol. The lowest BCUT2D eigenvalue weighted by Gasteiger charge is -2.19. The van der Waals surface area contributed by atoms with E-state index in [1.807, 2.05) is 56.3 Å². The molecule has 1 heterocycles. The molecule has 3 N–H and O–H groups in total. The Bertz CT molecular complexity index is 973. The number of hydrogen-bond acceptors (Lipinski definition) is 2.